The molecule has 0 saturated carbocycles. The number of sulfone groups is 1. The lowest BCUT2D eigenvalue weighted by Gasteiger charge is -2.00. The van der Waals surface area contributed by atoms with E-state index >= 15 is 0 Å². The van der Waals surface area contributed by atoms with Crippen LogP contribution >= 0.6 is 15.9 Å². The van der Waals surface area contributed by atoms with E-state index in [1.54, 1.807) is 0 Å². The van der Waals surface area contributed by atoms with Crippen LogP contribution in [-0.2, 0) is 9.84 Å². The number of nitrogens with zero attached hydrogens (tertiary/aromatic N) is 2. The van der Waals surface area contributed by atoms with Crippen LogP contribution in [0.25, 0.3) is 11.5 Å². The van der Waals surface area contributed by atoms with Crippen LogP contribution in [-0.4, -0.2) is 24.6 Å². The third-order valence-electron chi connectivity index (χ3n) is 1.93. The molecule has 0 amide bonds. The van der Waals surface area contributed by atoms with Gasteiger partial charge in [0.25, 0.3) is 0 Å². The van der Waals surface area contributed by atoms with Gasteiger partial charge in [0.2, 0.25) is 14.9 Å². The van der Waals surface area contributed by atoms with Gasteiger partial charge in [0.05, 0.1) is 6.20 Å². The highest BCUT2D eigenvalue weighted by molar-refractivity contribution is 9.10. The Morgan fingerprint density at radius 2 is 2.12 bits per heavy atom. The molecule has 2 aromatic rings. The van der Waals surface area contributed by atoms with Crippen LogP contribution in [0.15, 0.2) is 32.4 Å². The monoisotopic (exact) mass is 317 g/mol. The molecule has 0 bridgehead atoms. The predicted molar refractivity (Wildman–Crippen MR) is 65.0 cm³/mol. The largest absolute Gasteiger partial charge is 0.443 e. The van der Waals surface area contributed by atoms with Crippen LogP contribution in [0.3, 0.4) is 0 Å². The summed E-state index contributed by atoms with van der Waals surface area (Å²) in [6.45, 7) is 0. The summed E-state index contributed by atoms with van der Waals surface area (Å²) in [6.07, 6.45) is 2.45. The average Bonchev–Trinajstić information content (AvgIpc) is 2.70. The Kier molecular flexibility index (Phi) is 2.92. The first kappa shape index (κ1) is 12.1. The number of halogens is 1. The van der Waals surface area contributed by atoms with Crippen molar-refractivity contribution in [2.45, 2.75) is 5.09 Å². The number of furan rings is 1. The summed E-state index contributed by atoms with van der Waals surface area (Å²) in [5.74, 6) is 0.512. The molecule has 2 rings (SSSR count). The first-order chi connectivity index (χ1) is 7.88. The van der Waals surface area contributed by atoms with Crippen molar-refractivity contribution in [1.29, 1.82) is 0 Å². The van der Waals surface area contributed by atoms with Gasteiger partial charge < -0.3 is 10.2 Å². The average molecular weight is 318 g/mol. The Hall–Kier alpha value is -1.41. The van der Waals surface area contributed by atoms with Crippen molar-refractivity contribution in [3.05, 3.63) is 22.9 Å². The van der Waals surface area contributed by atoms with Crippen molar-refractivity contribution in [3.63, 3.8) is 0 Å². The lowest BCUT2D eigenvalue weighted by molar-refractivity contribution is 0.461. The minimum absolute atomic E-state index is 0.122. The van der Waals surface area contributed by atoms with Gasteiger partial charge in [-0.15, -0.1) is 0 Å². The molecule has 0 saturated heterocycles. The number of nitrogen functional groups attached to an aromatic ring is 1. The molecule has 0 atom stereocenters. The van der Waals surface area contributed by atoms with Gasteiger partial charge in [-0.1, -0.05) is 0 Å². The molecule has 0 aliphatic carbocycles. The number of aromatic nitrogens is 2. The minimum atomic E-state index is -3.37. The van der Waals surface area contributed by atoms with Gasteiger partial charge in [0.15, 0.2) is 5.76 Å². The first-order valence-corrected chi connectivity index (χ1v) is 7.14. The fourth-order valence-electron chi connectivity index (χ4n) is 1.19. The van der Waals surface area contributed by atoms with Gasteiger partial charge in [-0.3, -0.25) is 0 Å². The number of hydrogen-bond donors (Lipinski definition) is 1. The Morgan fingerprint density at radius 1 is 1.41 bits per heavy atom. The molecule has 0 radical (unpaired) electrons. The van der Waals surface area contributed by atoms with E-state index in [9.17, 15) is 8.42 Å². The van der Waals surface area contributed by atoms with Crippen molar-refractivity contribution >= 4 is 31.6 Å². The molecule has 2 aromatic heterocycles. The zero-order valence-corrected chi connectivity index (χ0v) is 11.1. The summed E-state index contributed by atoms with van der Waals surface area (Å²) in [6, 6.07) is 2.87. The highest BCUT2D eigenvalue weighted by atomic mass is 79.9. The maximum atomic E-state index is 11.3. The van der Waals surface area contributed by atoms with Crippen molar-refractivity contribution in [2.24, 2.45) is 0 Å². The number of hydrogen-bond acceptors (Lipinski definition) is 6. The lowest BCUT2D eigenvalue weighted by atomic mass is 10.3. The molecule has 2 N–H and O–H groups in total. The number of rotatable bonds is 2. The Morgan fingerprint density at radius 3 is 2.71 bits per heavy atom. The van der Waals surface area contributed by atoms with E-state index in [-0.39, 0.29) is 16.7 Å². The van der Waals surface area contributed by atoms with Crippen molar-refractivity contribution in [1.82, 2.24) is 9.97 Å². The zero-order valence-electron chi connectivity index (χ0n) is 8.71. The maximum absolute atomic E-state index is 11.3. The van der Waals surface area contributed by atoms with E-state index in [0.717, 1.165) is 6.26 Å². The van der Waals surface area contributed by atoms with E-state index in [4.69, 9.17) is 10.2 Å². The molecular formula is C9H8BrN3O3S. The minimum Gasteiger partial charge on any atom is -0.443 e. The van der Waals surface area contributed by atoms with Gasteiger partial charge in [0, 0.05) is 6.26 Å². The summed E-state index contributed by atoms with van der Waals surface area (Å²) in [4.78, 5) is 7.96. The van der Waals surface area contributed by atoms with Gasteiger partial charge in [-0.05, 0) is 28.1 Å². The lowest BCUT2D eigenvalue weighted by Crippen LogP contribution is -1.95. The van der Waals surface area contributed by atoms with E-state index in [1.165, 1.54) is 18.3 Å². The number of anilines is 1. The molecule has 0 aliphatic rings. The second-order valence-electron chi connectivity index (χ2n) is 3.33. The SMILES string of the molecule is CS(=O)(=O)c1ccc(-c2nc(N)cnc2Br)o1. The van der Waals surface area contributed by atoms with E-state index < -0.39 is 9.84 Å². The van der Waals surface area contributed by atoms with Crippen LogP contribution in [0.4, 0.5) is 5.82 Å². The highest BCUT2D eigenvalue weighted by Crippen LogP contribution is 2.28. The Bertz CT molecular complexity index is 666. The Labute approximate surface area is 106 Å². The summed E-state index contributed by atoms with van der Waals surface area (Å²) < 4.78 is 28.2. The summed E-state index contributed by atoms with van der Waals surface area (Å²) in [7, 11) is -3.37. The number of nitrogens with two attached hydrogens (primary N) is 1. The third kappa shape index (κ3) is 2.47. The fraction of sp³-hybridized carbons (Fsp3) is 0.111. The third-order valence-corrected chi connectivity index (χ3v) is 3.46. The summed E-state index contributed by atoms with van der Waals surface area (Å²) >= 11 is 3.19. The van der Waals surface area contributed by atoms with Gasteiger partial charge in [-0.2, -0.15) is 0 Å². The molecule has 0 aliphatic heterocycles. The first-order valence-electron chi connectivity index (χ1n) is 4.46. The van der Waals surface area contributed by atoms with Crippen molar-refractivity contribution in [2.75, 3.05) is 12.0 Å². The van der Waals surface area contributed by atoms with Gasteiger partial charge >= 0.3 is 0 Å². The molecule has 0 unspecified atom stereocenters. The maximum Gasteiger partial charge on any atom is 0.218 e. The second-order valence-corrected chi connectivity index (χ2v) is 6.02. The van der Waals surface area contributed by atoms with Crippen LogP contribution in [0.5, 0.6) is 0 Å². The summed E-state index contributed by atoms with van der Waals surface area (Å²) in [5.41, 5.74) is 5.86. The fourth-order valence-corrected chi connectivity index (χ4v) is 2.13. The molecule has 17 heavy (non-hydrogen) atoms. The van der Waals surface area contributed by atoms with E-state index in [2.05, 4.69) is 25.9 Å². The topological polar surface area (TPSA) is 99.1 Å². The normalized spacial score (nSPS) is 11.6. The van der Waals surface area contributed by atoms with Crippen molar-refractivity contribution < 1.29 is 12.8 Å². The smallest absolute Gasteiger partial charge is 0.218 e. The molecule has 6 nitrogen and oxygen atoms in total. The van der Waals surface area contributed by atoms with E-state index in [0.29, 0.717) is 10.3 Å². The van der Waals surface area contributed by atoms with Crippen LogP contribution in [0.2, 0.25) is 0 Å². The Balaban J connectivity index is 2.55. The molecule has 0 spiro atoms. The zero-order chi connectivity index (χ0) is 12.6. The summed E-state index contributed by atoms with van der Waals surface area (Å²) in [5, 5.41) is -0.122. The second kappa shape index (κ2) is 4.11. The van der Waals surface area contributed by atoms with Crippen LogP contribution < -0.4 is 5.73 Å². The molecule has 0 aromatic carbocycles. The van der Waals surface area contributed by atoms with Gasteiger partial charge in [0.1, 0.15) is 16.1 Å². The molecule has 90 valence electrons. The predicted octanol–water partition coefficient (Wildman–Crippen LogP) is 1.48. The van der Waals surface area contributed by atoms with E-state index in [1.807, 2.05) is 0 Å². The standard InChI is InChI=1S/C9H8BrN3O3S/c1-17(14,15)7-3-2-5(16-7)8-9(10)12-4-6(11)13-8/h2-4H,1H3,(H2,11,13). The molecule has 2 heterocycles. The highest BCUT2D eigenvalue weighted by Gasteiger charge is 2.16. The molecule has 8 heteroatoms. The quantitative estimate of drug-likeness (QED) is 0.900. The van der Waals surface area contributed by atoms with Crippen LogP contribution in [0.1, 0.15) is 0 Å². The molecular weight excluding hydrogens is 310 g/mol. The van der Waals surface area contributed by atoms with Crippen molar-refractivity contribution in [3.8, 4) is 11.5 Å². The van der Waals surface area contributed by atoms with Crippen LogP contribution in [0, 0.1) is 0 Å². The van der Waals surface area contributed by atoms with Gasteiger partial charge in [-0.25, -0.2) is 18.4 Å². The molecule has 0 fully saturated rings.